The largest absolute Gasteiger partial charge is 0.444 e. The van der Waals surface area contributed by atoms with Crippen molar-refractivity contribution in [1.82, 2.24) is 4.90 Å². The standard InChI is InChI=1S/C8H14BrNO2/c1-8(2,3)12-7(11)10-5-4-6(10)9/h6H,4-5H2,1-3H3. The Morgan fingerprint density at radius 1 is 1.58 bits per heavy atom. The van der Waals surface area contributed by atoms with Crippen molar-refractivity contribution < 1.29 is 9.53 Å². The molecular weight excluding hydrogens is 222 g/mol. The zero-order valence-corrected chi connectivity index (χ0v) is 9.22. The molecule has 0 aromatic heterocycles. The van der Waals surface area contributed by atoms with Crippen LogP contribution in [0.4, 0.5) is 4.79 Å². The van der Waals surface area contributed by atoms with Crippen LogP contribution in [0.15, 0.2) is 0 Å². The number of nitrogens with zero attached hydrogens (tertiary/aromatic N) is 1. The van der Waals surface area contributed by atoms with Crippen molar-refractivity contribution in [2.45, 2.75) is 37.7 Å². The van der Waals surface area contributed by atoms with E-state index in [4.69, 9.17) is 4.74 Å². The maximum Gasteiger partial charge on any atom is 0.411 e. The summed E-state index contributed by atoms with van der Waals surface area (Å²) in [4.78, 5) is 13.2. The number of likely N-dealkylation sites (tertiary alicyclic amines) is 1. The predicted molar refractivity (Wildman–Crippen MR) is 50.3 cm³/mol. The van der Waals surface area contributed by atoms with Crippen LogP contribution in [-0.2, 0) is 4.74 Å². The Morgan fingerprint density at radius 3 is 2.42 bits per heavy atom. The van der Waals surface area contributed by atoms with E-state index in [9.17, 15) is 4.79 Å². The van der Waals surface area contributed by atoms with Gasteiger partial charge in [0.05, 0.1) is 4.95 Å². The number of halogens is 1. The molecule has 1 amide bonds. The molecule has 1 unspecified atom stereocenters. The van der Waals surface area contributed by atoms with Gasteiger partial charge < -0.3 is 4.74 Å². The summed E-state index contributed by atoms with van der Waals surface area (Å²) in [6.07, 6.45) is 0.787. The molecule has 0 aliphatic carbocycles. The van der Waals surface area contributed by atoms with E-state index in [1.165, 1.54) is 0 Å². The van der Waals surface area contributed by atoms with Gasteiger partial charge in [-0.3, -0.25) is 4.90 Å². The monoisotopic (exact) mass is 235 g/mol. The van der Waals surface area contributed by atoms with E-state index in [1.54, 1.807) is 4.90 Å². The van der Waals surface area contributed by atoms with Gasteiger partial charge in [0.25, 0.3) is 0 Å². The zero-order valence-electron chi connectivity index (χ0n) is 7.63. The highest BCUT2D eigenvalue weighted by Crippen LogP contribution is 2.24. The third-order valence-electron chi connectivity index (χ3n) is 1.57. The lowest BCUT2D eigenvalue weighted by atomic mass is 10.2. The minimum absolute atomic E-state index is 0.173. The van der Waals surface area contributed by atoms with Crippen molar-refractivity contribution in [3.05, 3.63) is 0 Å². The molecule has 1 rings (SSSR count). The molecule has 0 saturated carbocycles. The van der Waals surface area contributed by atoms with Crippen LogP contribution in [0.1, 0.15) is 27.2 Å². The molecule has 1 atom stereocenters. The lowest BCUT2D eigenvalue weighted by molar-refractivity contribution is 0.00939. The minimum Gasteiger partial charge on any atom is -0.444 e. The molecule has 0 radical (unpaired) electrons. The molecule has 4 heteroatoms. The Kier molecular flexibility index (Phi) is 2.66. The molecule has 3 nitrogen and oxygen atoms in total. The molecule has 1 heterocycles. The second-order valence-corrected chi connectivity index (χ2v) is 4.95. The van der Waals surface area contributed by atoms with E-state index < -0.39 is 0 Å². The Bertz CT molecular complexity index is 188. The zero-order chi connectivity index (χ0) is 9.35. The highest BCUT2D eigenvalue weighted by molar-refractivity contribution is 9.09. The van der Waals surface area contributed by atoms with E-state index in [0.29, 0.717) is 0 Å². The van der Waals surface area contributed by atoms with Crippen LogP contribution in [0.25, 0.3) is 0 Å². The van der Waals surface area contributed by atoms with Crippen LogP contribution < -0.4 is 0 Å². The summed E-state index contributed by atoms with van der Waals surface area (Å²) in [6.45, 7) is 6.40. The fourth-order valence-corrected chi connectivity index (χ4v) is 1.46. The van der Waals surface area contributed by atoms with Crippen LogP contribution in [-0.4, -0.2) is 28.1 Å². The number of alkyl halides is 1. The maximum absolute atomic E-state index is 11.3. The Morgan fingerprint density at radius 2 is 2.17 bits per heavy atom. The molecule has 70 valence electrons. The number of hydrogen-bond acceptors (Lipinski definition) is 2. The fourth-order valence-electron chi connectivity index (χ4n) is 0.882. The maximum atomic E-state index is 11.3. The highest BCUT2D eigenvalue weighted by atomic mass is 79.9. The van der Waals surface area contributed by atoms with Gasteiger partial charge in [0, 0.05) is 6.54 Å². The van der Waals surface area contributed by atoms with Crippen molar-refractivity contribution in [3.8, 4) is 0 Å². The summed E-state index contributed by atoms with van der Waals surface area (Å²) in [6, 6.07) is 0. The molecule has 12 heavy (non-hydrogen) atoms. The van der Waals surface area contributed by atoms with Crippen molar-refractivity contribution in [2.75, 3.05) is 6.54 Å². The first-order valence-corrected chi connectivity index (χ1v) is 4.95. The van der Waals surface area contributed by atoms with Gasteiger partial charge in [-0.05, 0) is 27.2 Å². The summed E-state index contributed by atoms with van der Waals surface area (Å²) in [5.41, 5.74) is -0.389. The van der Waals surface area contributed by atoms with Gasteiger partial charge in [0.1, 0.15) is 5.60 Å². The van der Waals surface area contributed by atoms with Crippen molar-refractivity contribution in [2.24, 2.45) is 0 Å². The molecule has 0 aromatic rings. The molecular formula is C8H14BrNO2. The molecule has 0 N–H and O–H groups in total. The first-order valence-electron chi connectivity index (χ1n) is 4.04. The minimum atomic E-state index is -0.389. The lowest BCUT2D eigenvalue weighted by Crippen LogP contribution is -2.49. The number of ether oxygens (including phenoxy) is 1. The van der Waals surface area contributed by atoms with Gasteiger partial charge in [0.15, 0.2) is 0 Å². The Balaban J connectivity index is 2.39. The molecule has 1 aliphatic rings. The van der Waals surface area contributed by atoms with Crippen molar-refractivity contribution in [1.29, 1.82) is 0 Å². The summed E-state index contributed by atoms with van der Waals surface area (Å²) in [5, 5.41) is 0. The van der Waals surface area contributed by atoms with E-state index in [-0.39, 0.29) is 16.6 Å². The average Bonchev–Trinajstić information content (AvgIpc) is 1.79. The quantitative estimate of drug-likeness (QED) is 0.477. The van der Waals surface area contributed by atoms with Crippen LogP contribution >= 0.6 is 15.9 Å². The average molecular weight is 236 g/mol. The van der Waals surface area contributed by atoms with E-state index in [2.05, 4.69) is 15.9 Å². The molecule has 1 aliphatic heterocycles. The number of amides is 1. The first-order chi connectivity index (χ1) is 5.40. The first kappa shape index (κ1) is 9.84. The molecule has 1 saturated heterocycles. The van der Waals surface area contributed by atoms with Gasteiger partial charge in [-0.2, -0.15) is 0 Å². The fraction of sp³-hybridized carbons (Fsp3) is 0.875. The normalized spacial score (nSPS) is 23.3. The van der Waals surface area contributed by atoms with Crippen LogP contribution in [0.5, 0.6) is 0 Å². The van der Waals surface area contributed by atoms with E-state index >= 15 is 0 Å². The molecule has 0 aromatic carbocycles. The molecule has 0 bridgehead atoms. The number of carbonyl (C=O) groups is 1. The second-order valence-electron chi connectivity index (χ2n) is 3.90. The van der Waals surface area contributed by atoms with Gasteiger partial charge >= 0.3 is 6.09 Å². The Hall–Kier alpha value is -0.250. The van der Waals surface area contributed by atoms with E-state index in [0.717, 1.165) is 13.0 Å². The van der Waals surface area contributed by atoms with Crippen LogP contribution in [0, 0.1) is 0 Å². The molecule has 1 fully saturated rings. The van der Waals surface area contributed by atoms with Crippen LogP contribution in [0.2, 0.25) is 0 Å². The number of hydrogen-bond donors (Lipinski definition) is 0. The smallest absolute Gasteiger partial charge is 0.411 e. The Labute approximate surface area is 81.2 Å². The third kappa shape index (κ3) is 2.37. The number of carbonyl (C=O) groups excluding carboxylic acids is 1. The summed E-state index contributed by atoms with van der Waals surface area (Å²) in [7, 11) is 0. The number of rotatable bonds is 0. The summed E-state index contributed by atoms with van der Waals surface area (Å²) < 4.78 is 5.17. The SMILES string of the molecule is CC(C)(C)OC(=O)N1CCC1Br. The topological polar surface area (TPSA) is 29.5 Å². The van der Waals surface area contributed by atoms with Gasteiger partial charge in [-0.1, -0.05) is 15.9 Å². The van der Waals surface area contributed by atoms with Gasteiger partial charge in [-0.15, -0.1) is 0 Å². The summed E-state index contributed by atoms with van der Waals surface area (Å²) in [5.74, 6) is 0. The predicted octanol–water partition coefficient (Wildman–Crippen LogP) is 2.35. The van der Waals surface area contributed by atoms with Crippen molar-refractivity contribution in [3.63, 3.8) is 0 Å². The highest BCUT2D eigenvalue weighted by Gasteiger charge is 2.33. The van der Waals surface area contributed by atoms with Gasteiger partial charge in [-0.25, -0.2) is 4.79 Å². The van der Waals surface area contributed by atoms with Crippen molar-refractivity contribution >= 4 is 22.0 Å². The second kappa shape index (κ2) is 3.24. The van der Waals surface area contributed by atoms with E-state index in [1.807, 2.05) is 20.8 Å². The molecule has 0 spiro atoms. The lowest BCUT2D eigenvalue weighted by Gasteiger charge is -2.37. The van der Waals surface area contributed by atoms with Gasteiger partial charge in [0.2, 0.25) is 0 Å². The summed E-state index contributed by atoms with van der Waals surface area (Å²) >= 11 is 3.36. The van der Waals surface area contributed by atoms with Crippen LogP contribution in [0.3, 0.4) is 0 Å². The third-order valence-corrected chi connectivity index (χ3v) is 2.53.